The number of nitrogens with zero attached hydrogens (tertiary/aromatic N) is 3. The van der Waals surface area contributed by atoms with Crippen LogP contribution in [-0.4, -0.2) is 27.2 Å². The first-order chi connectivity index (χ1) is 10.6. The summed E-state index contributed by atoms with van der Waals surface area (Å²) in [5, 5.41) is 17.3. The van der Waals surface area contributed by atoms with E-state index in [2.05, 4.69) is 10.4 Å². The molecular weight excluding hydrogens is 284 g/mol. The number of amides is 1. The van der Waals surface area contributed by atoms with E-state index in [-0.39, 0.29) is 11.6 Å². The predicted octanol–water partition coefficient (Wildman–Crippen LogP) is 2.08. The molecule has 1 aromatic heterocycles. The maximum Gasteiger partial charge on any atom is 0.269 e. The molecule has 2 rings (SSSR count). The normalized spacial score (nSPS) is 10.4. The quantitative estimate of drug-likeness (QED) is 0.481. The fourth-order valence-electron chi connectivity index (χ4n) is 2.08. The molecule has 0 aliphatic heterocycles. The Kier molecular flexibility index (Phi) is 5.24. The first-order valence-electron chi connectivity index (χ1n) is 7.06. The van der Waals surface area contributed by atoms with E-state index in [9.17, 15) is 14.9 Å². The zero-order chi connectivity index (χ0) is 15.9. The van der Waals surface area contributed by atoms with Crippen LogP contribution in [0.5, 0.6) is 0 Å². The van der Waals surface area contributed by atoms with E-state index in [1.165, 1.54) is 18.3 Å². The van der Waals surface area contributed by atoms with Crippen molar-refractivity contribution in [1.29, 1.82) is 0 Å². The molecule has 0 unspecified atom stereocenters. The van der Waals surface area contributed by atoms with E-state index >= 15 is 0 Å². The van der Waals surface area contributed by atoms with Crippen LogP contribution in [0.2, 0.25) is 0 Å². The Morgan fingerprint density at radius 1 is 1.32 bits per heavy atom. The number of unbranched alkanes of at least 4 members (excludes halogenated alkanes) is 1. The molecule has 22 heavy (non-hydrogen) atoms. The van der Waals surface area contributed by atoms with Crippen LogP contribution in [0.4, 0.5) is 5.69 Å². The number of aryl methyl sites for hydroxylation is 2. The van der Waals surface area contributed by atoms with Crippen molar-refractivity contribution >= 4 is 11.6 Å². The lowest BCUT2D eigenvalue weighted by Gasteiger charge is -2.04. The standard InChI is InChI=1S/C15H18N4O3/c1-18-11-13(10-17-18)15(20)16-9-3-2-4-12-5-7-14(8-6-12)19(21)22/h5-8,10-11H,2-4,9H2,1H3,(H,16,20). The van der Waals surface area contributed by atoms with E-state index in [1.54, 1.807) is 30.1 Å². The van der Waals surface area contributed by atoms with E-state index in [4.69, 9.17) is 0 Å². The van der Waals surface area contributed by atoms with Crippen LogP contribution in [0.15, 0.2) is 36.7 Å². The molecule has 0 spiro atoms. The summed E-state index contributed by atoms with van der Waals surface area (Å²) < 4.78 is 1.59. The minimum atomic E-state index is -0.405. The second-order valence-electron chi connectivity index (χ2n) is 5.04. The number of aromatic nitrogens is 2. The molecule has 7 nitrogen and oxygen atoms in total. The lowest BCUT2D eigenvalue weighted by Crippen LogP contribution is -2.24. The SMILES string of the molecule is Cn1cc(C(=O)NCCCCc2ccc([N+](=O)[O-])cc2)cn1. The third kappa shape index (κ3) is 4.41. The molecule has 0 atom stereocenters. The summed E-state index contributed by atoms with van der Waals surface area (Å²) in [6, 6.07) is 6.57. The molecule has 0 aliphatic rings. The molecule has 0 saturated heterocycles. The highest BCUT2D eigenvalue weighted by atomic mass is 16.6. The minimum Gasteiger partial charge on any atom is -0.352 e. The summed E-state index contributed by atoms with van der Waals surface area (Å²) in [6.07, 6.45) is 5.80. The van der Waals surface area contributed by atoms with E-state index < -0.39 is 4.92 Å². The van der Waals surface area contributed by atoms with Gasteiger partial charge in [0.1, 0.15) is 0 Å². The van der Waals surface area contributed by atoms with Crippen molar-refractivity contribution in [3.8, 4) is 0 Å². The first-order valence-corrected chi connectivity index (χ1v) is 7.06. The number of non-ortho nitro benzene ring substituents is 1. The number of rotatable bonds is 7. The lowest BCUT2D eigenvalue weighted by atomic mass is 10.1. The Morgan fingerprint density at radius 3 is 2.64 bits per heavy atom. The van der Waals surface area contributed by atoms with Crippen molar-refractivity contribution in [1.82, 2.24) is 15.1 Å². The molecule has 1 N–H and O–H groups in total. The van der Waals surface area contributed by atoms with Gasteiger partial charge in [0.15, 0.2) is 0 Å². The van der Waals surface area contributed by atoms with Crippen molar-refractivity contribution < 1.29 is 9.72 Å². The smallest absolute Gasteiger partial charge is 0.269 e. The second kappa shape index (κ2) is 7.35. The number of benzene rings is 1. The molecule has 0 radical (unpaired) electrons. The number of hydrogen-bond acceptors (Lipinski definition) is 4. The highest BCUT2D eigenvalue weighted by Crippen LogP contribution is 2.13. The van der Waals surface area contributed by atoms with E-state index in [1.807, 2.05) is 0 Å². The van der Waals surface area contributed by atoms with Crippen LogP contribution >= 0.6 is 0 Å². The molecule has 0 saturated carbocycles. The third-order valence-corrected chi connectivity index (χ3v) is 3.29. The van der Waals surface area contributed by atoms with Gasteiger partial charge < -0.3 is 5.32 Å². The van der Waals surface area contributed by atoms with Crippen molar-refractivity contribution in [2.45, 2.75) is 19.3 Å². The largest absolute Gasteiger partial charge is 0.352 e. The number of nitrogens with one attached hydrogen (secondary N) is 1. The van der Waals surface area contributed by atoms with E-state index in [0.29, 0.717) is 12.1 Å². The maximum absolute atomic E-state index is 11.8. The van der Waals surface area contributed by atoms with Crippen molar-refractivity contribution in [2.24, 2.45) is 7.05 Å². The van der Waals surface area contributed by atoms with Gasteiger partial charge in [-0.3, -0.25) is 19.6 Å². The molecule has 7 heteroatoms. The Morgan fingerprint density at radius 2 is 2.05 bits per heavy atom. The van der Waals surface area contributed by atoms with Gasteiger partial charge in [-0.2, -0.15) is 5.10 Å². The van der Waals surface area contributed by atoms with Gasteiger partial charge in [0.05, 0.1) is 16.7 Å². The van der Waals surface area contributed by atoms with Gasteiger partial charge in [0.25, 0.3) is 11.6 Å². The predicted molar refractivity (Wildman–Crippen MR) is 81.6 cm³/mol. The molecule has 0 fully saturated rings. The first kappa shape index (κ1) is 15.7. The molecule has 2 aromatic rings. The summed E-state index contributed by atoms with van der Waals surface area (Å²) >= 11 is 0. The molecule has 116 valence electrons. The lowest BCUT2D eigenvalue weighted by molar-refractivity contribution is -0.384. The van der Waals surface area contributed by atoms with Gasteiger partial charge in [-0.25, -0.2) is 0 Å². The number of carbonyl (C=O) groups excluding carboxylic acids is 1. The fraction of sp³-hybridized carbons (Fsp3) is 0.333. The van der Waals surface area contributed by atoms with Crippen LogP contribution < -0.4 is 5.32 Å². The van der Waals surface area contributed by atoms with Gasteiger partial charge >= 0.3 is 0 Å². The Hall–Kier alpha value is -2.70. The molecule has 1 amide bonds. The second-order valence-corrected chi connectivity index (χ2v) is 5.04. The van der Waals surface area contributed by atoms with Crippen LogP contribution in [0.3, 0.4) is 0 Å². The fourth-order valence-corrected chi connectivity index (χ4v) is 2.08. The Bertz CT molecular complexity index is 649. The molecule has 1 aromatic carbocycles. The van der Waals surface area contributed by atoms with Crippen molar-refractivity contribution in [3.05, 3.63) is 57.9 Å². The molecule has 0 aliphatic carbocycles. The van der Waals surface area contributed by atoms with Gasteiger partial charge in [0.2, 0.25) is 0 Å². The number of carbonyl (C=O) groups is 1. The zero-order valence-electron chi connectivity index (χ0n) is 12.4. The van der Waals surface area contributed by atoms with Gasteiger partial charge in [-0.15, -0.1) is 0 Å². The molecular formula is C15H18N4O3. The van der Waals surface area contributed by atoms with Crippen molar-refractivity contribution in [3.63, 3.8) is 0 Å². The van der Waals surface area contributed by atoms with Crippen LogP contribution in [-0.2, 0) is 13.5 Å². The van der Waals surface area contributed by atoms with Crippen LogP contribution in [0.25, 0.3) is 0 Å². The van der Waals surface area contributed by atoms with Crippen molar-refractivity contribution in [2.75, 3.05) is 6.54 Å². The number of hydrogen-bond donors (Lipinski definition) is 1. The maximum atomic E-state index is 11.8. The van der Waals surface area contributed by atoms with E-state index in [0.717, 1.165) is 24.8 Å². The zero-order valence-corrected chi connectivity index (χ0v) is 12.4. The monoisotopic (exact) mass is 302 g/mol. The summed E-state index contributed by atoms with van der Waals surface area (Å²) in [4.78, 5) is 21.9. The van der Waals surface area contributed by atoms with Crippen LogP contribution in [0, 0.1) is 10.1 Å². The summed E-state index contributed by atoms with van der Waals surface area (Å²) in [6.45, 7) is 0.598. The molecule has 1 heterocycles. The third-order valence-electron chi connectivity index (χ3n) is 3.29. The average molecular weight is 302 g/mol. The molecule has 0 bridgehead atoms. The highest BCUT2D eigenvalue weighted by molar-refractivity contribution is 5.93. The average Bonchev–Trinajstić information content (AvgIpc) is 2.94. The number of nitro benzene ring substituents is 1. The topological polar surface area (TPSA) is 90.1 Å². The minimum absolute atomic E-state index is 0.104. The van der Waals surface area contributed by atoms with Gasteiger partial charge in [0, 0.05) is 31.9 Å². The highest BCUT2D eigenvalue weighted by Gasteiger charge is 2.07. The Labute approximate surface area is 128 Å². The van der Waals surface area contributed by atoms with Gasteiger partial charge in [-0.05, 0) is 24.8 Å². The summed E-state index contributed by atoms with van der Waals surface area (Å²) in [5.41, 5.74) is 1.72. The van der Waals surface area contributed by atoms with Gasteiger partial charge in [-0.1, -0.05) is 12.1 Å². The number of nitro groups is 1. The Balaban J connectivity index is 1.67. The summed E-state index contributed by atoms with van der Waals surface area (Å²) in [5.74, 6) is -0.122. The summed E-state index contributed by atoms with van der Waals surface area (Å²) in [7, 11) is 1.76. The van der Waals surface area contributed by atoms with Crippen LogP contribution in [0.1, 0.15) is 28.8 Å².